The largest absolute Gasteiger partial charge is 0.478 e. The zero-order chi connectivity index (χ0) is 19.8. The van der Waals surface area contributed by atoms with Crippen LogP contribution in [0.3, 0.4) is 0 Å². The second-order valence-corrected chi connectivity index (χ2v) is 9.13. The van der Waals surface area contributed by atoms with Gasteiger partial charge in [0.1, 0.15) is 5.76 Å². The lowest BCUT2D eigenvalue weighted by Crippen LogP contribution is -2.29. The highest BCUT2D eigenvalue weighted by Crippen LogP contribution is 2.41. The van der Waals surface area contributed by atoms with E-state index in [1.165, 1.54) is 12.1 Å². The molecule has 2 aromatic carbocycles. The van der Waals surface area contributed by atoms with Crippen molar-refractivity contribution in [2.75, 3.05) is 12.9 Å². The number of rotatable bonds is 5. The van der Waals surface area contributed by atoms with Crippen LogP contribution in [0.15, 0.2) is 53.4 Å². The number of carbonyl (C=O) groups is 1. The molecule has 1 N–H and O–H groups in total. The van der Waals surface area contributed by atoms with E-state index in [4.69, 9.17) is 9.84 Å². The summed E-state index contributed by atoms with van der Waals surface area (Å²) in [5, 5.41) is 9.06. The molecule has 0 bridgehead atoms. The summed E-state index contributed by atoms with van der Waals surface area (Å²) in [4.78, 5) is 13.1. The van der Waals surface area contributed by atoms with Crippen LogP contribution in [-0.4, -0.2) is 37.8 Å². The summed E-state index contributed by atoms with van der Waals surface area (Å²) >= 11 is 0. The summed E-state index contributed by atoms with van der Waals surface area (Å²) < 4.78 is 29.3. The number of aliphatic hydroxyl groups excluding tert-OH is 1. The number of hydrogen-bond donors (Lipinski definition) is 1. The van der Waals surface area contributed by atoms with Gasteiger partial charge in [0.2, 0.25) is 5.78 Å². The Morgan fingerprint density at radius 3 is 2.04 bits per heavy atom. The Morgan fingerprint density at radius 1 is 0.963 bits per heavy atom. The molecule has 0 saturated carbocycles. The molecule has 0 atom stereocenters. The normalized spacial score (nSPS) is 16.5. The molecule has 1 aliphatic heterocycles. The van der Waals surface area contributed by atoms with E-state index in [1.807, 2.05) is 24.3 Å². The lowest BCUT2D eigenvalue weighted by molar-refractivity contribution is -0.125. The van der Waals surface area contributed by atoms with Crippen molar-refractivity contribution in [2.45, 2.75) is 30.8 Å². The molecule has 0 aromatic heterocycles. The van der Waals surface area contributed by atoms with Crippen molar-refractivity contribution in [2.24, 2.45) is 0 Å². The third-order valence-corrected chi connectivity index (χ3v) is 5.67. The third kappa shape index (κ3) is 3.82. The van der Waals surface area contributed by atoms with Crippen molar-refractivity contribution in [1.29, 1.82) is 0 Å². The van der Waals surface area contributed by atoms with Crippen LogP contribution < -0.4 is 0 Å². The summed E-state index contributed by atoms with van der Waals surface area (Å²) in [5.41, 5.74) is 1.84. The van der Waals surface area contributed by atoms with Crippen LogP contribution in [0.2, 0.25) is 0 Å². The monoisotopic (exact) mass is 386 g/mol. The van der Waals surface area contributed by atoms with Crippen LogP contribution in [0, 0.1) is 0 Å². The molecule has 0 radical (unpaired) electrons. The van der Waals surface area contributed by atoms with Crippen molar-refractivity contribution in [3.8, 4) is 0 Å². The highest BCUT2D eigenvalue weighted by Gasteiger charge is 2.42. The maximum absolute atomic E-state index is 12.9. The Hall–Kier alpha value is -2.44. The summed E-state index contributed by atoms with van der Waals surface area (Å²) in [5.74, 6) is 0.319. The number of benzene rings is 2. The Balaban J connectivity index is 2.09. The molecule has 1 aliphatic rings. The Bertz CT molecular complexity index is 998. The molecule has 0 fully saturated rings. The predicted molar refractivity (Wildman–Crippen MR) is 104 cm³/mol. The van der Waals surface area contributed by atoms with Gasteiger partial charge >= 0.3 is 0 Å². The molecular formula is C21H22O5S. The Labute approximate surface area is 159 Å². The minimum absolute atomic E-state index is 0.0645. The van der Waals surface area contributed by atoms with E-state index >= 15 is 0 Å². The van der Waals surface area contributed by atoms with Crippen LogP contribution in [-0.2, 0) is 25.8 Å². The van der Waals surface area contributed by atoms with Crippen LogP contribution in [0.25, 0.3) is 11.3 Å². The van der Waals surface area contributed by atoms with Gasteiger partial charge in [0.05, 0.1) is 10.5 Å². The molecule has 0 amide bonds. The van der Waals surface area contributed by atoms with Gasteiger partial charge in [-0.2, -0.15) is 0 Å². The standard InChI is InChI=1S/C21H22O5S/c1-21(2)20(23)18(15-6-4-14(5-7-15)12-13-22)19(26-21)16-8-10-17(11-9-16)27(3,24)25/h4-11,22H,12-13H2,1-3H3. The summed E-state index contributed by atoms with van der Waals surface area (Å²) in [6.07, 6.45) is 1.70. The van der Waals surface area contributed by atoms with Crippen molar-refractivity contribution < 1.29 is 23.1 Å². The van der Waals surface area contributed by atoms with E-state index in [1.54, 1.807) is 26.0 Å². The first-order chi connectivity index (χ1) is 12.6. The van der Waals surface area contributed by atoms with Gasteiger partial charge in [-0.1, -0.05) is 24.3 Å². The first-order valence-electron chi connectivity index (χ1n) is 8.62. The molecule has 0 saturated heterocycles. The zero-order valence-electron chi connectivity index (χ0n) is 15.5. The molecule has 6 heteroatoms. The average Bonchev–Trinajstić information content (AvgIpc) is 2.85. The van der Waals surface area contributed by atoms with Gasteiger partial charge in [0.15, 0.2) is 15.4 Å². The quantitative estimate of drug-likeness (QED) is 0.855. The molecule has 142 valence electrons. The Kier molecular flexibility index (Phi) is 4.97. The van der Waals surface area contributed by atoms with Gasteiger partial charge < -0.3 is 9.84 Å². The lowest BCUT2D eigenvalue weighted by Gasteiger charge is -2.17. The van der Waals surface area contributed by atoms with Gasteiger partial charge in [-0.3, -0.25) is 4.79 Å². The number of ketones is 1. The van der Waals surface area contributed by atoms with Crippen molar-refractivity contribution in [1.82, 2.24) is 0 Å². The van der Waals surface area contributed by atoms with Gasteiger partial charge in [0.25, 0.3) is 0 Å². The van der Waals surface area contributed by atoms with Crippen molar-refractivity contribution in [3.63, 3.8) is 0 Å². The fraction of sp³-hybridized carbons (Fsp3) is 0.286. The molecule has 5 nitrogen and oxygen atoms in total. The zero-order valence-corrected chi connectivity index (χ0v) is 16.3. The second kappa shape index (κ2) is 6.94. The third-order valence-electron chi connectivity index (χ3n) is 4.55. The average molecular weight is 386 g/mol. The van der Waals surface area contributed by atoms with Gasteiger partial charge in [0, 0.05) is 18.4 Å². The van der Waals surface area contributed by atoms with Gasteiger partial charge in [-0.25, -0.2) is 8.42 Å². The highest BCUT2D eigenvalue weighted by atomic mass is 32.2. The smallest absolute Gasteiger partial charge is 0.210 e. The number of aliphatic hydroxyl groups is 1. The fourth-order valence-electron chi connectivity index (χ4n) is 3.04. The SMILES string of the molecule is CC1(C)OC(c2ccc(S(C)(=O)=O)cc2)=C(c2ccc(CCO)cc2)C1=O. The Morgan fingerprint density at radius 2 is 1.52 bits per heavy atom. The van der Waals surface area contributed by atoms with Crippen molar-refractivity contribution >= 4 is 27.0 Å². The number of ether oxygens (including phenoxy) is 1. The molecule has 0 unspecified atom stereocenters. The molecule has 1 heterocycles. The highest BCUT2D eigenvalue weighted by molar-refractivity contribution is 7.90. The van der Waals surface area contributed by atoms with E-state index in [2.05, 4.69) is 0 Å². The van der Waals surface area contributed by atoms with E-state index in [9.17, 15) is 13.2 Å². The van der Waals surface area contributed by atoms with E-state index in [0.717, 1.165) is 17.4 Å². The van der Waals surface area contributed by atoms with E-state index < -0.39 is 15.4 Å². The molecule has 27 heavy (non-hydrogen) atoms. The first kappa shape index (κ1) is 19.3. The summed E-state index contributed by atoms with van der Waals surface area (Å²) in [7, 11) is -3.30. The minimum Gasteiger partial charge on any atom is -0.478 e. The maximum Gasteiger partial charge on any atom is 0.210 e. The number of carbonyl (C=O) groups excluding carboxylic acids is 1. The number of hydrogen-bond acceptors (Lipinski definition) is 5. The predicted octanol–water partition coefficient (Wildman–Crippen LogP) is 2.87. The number of Topliss-reactive ketones (excluding diaryl/α,β-unsaturated/α-hetero) is 1. The molecular weight excluding hydrogens is 364 g/mol. The van der Waals surface area contributed by atoms with Crippen LogP contribution in [0.5, 0.6) is 0 Å². The van der Waals surface area contributed by atoms with E-state index in [-0.39, 0.29) is 17.3 Å². The fourth-order valence-corrected chi connectivity index (χ4v) is 3.67. The van der Waals surface area contributed by atoms with Crippen LogP contribution in [0.4, 0.5) is 0 Å². The minimum atomic E-state index is -3.30. The van der Waals surface area contributed by atoms with Gasteiger partial charge in [-0.15, -0.1) is 0 Å². The van der Waals surface area contributed by atoms with Crippen LogP contribution in [0.1, 0.15) is 30.5 Å². The van der Waals surface area contributed by atoms with E-state index in [0.29, 0.717) is 23.3 Å². The summed E-state index contributed by atoms with van der Waals surface area (Å²) in [6.45, 7) is 3.50. The van der Waals surface area contributed by atoms with Crippen molar-refractivity contribution in [3.05, 3.63) is 65.2 Å². The second-order valence-electron chi connectivity index (χ2n) is 7.11. The molecule has 0 aliphatic carbocycles. The molecule has 2 aromatic rings. The van der Waals surface area contributed by atoms with Crippen LogP contribution >= 0.6 is 0 Å². The first-order valence-corrected chi connectivity index (χ1v) is 10.5. The lowest BCUT2D eigenvalue weighted by atomic mass is 9.92. The number of sulfone groups is 1. The molecule has 0 spiro atoms. The van der Waals surface area contributed by atoms with Gasteiger partial charge in [-0.05, 0) is 55.7 Å². The molecule has 3 rings (SSSR count). The topological polar surface area (TPSA) is 80.7 Å². The maximum atomic E-state index is 12.9. The summed E-state index contributed by atoms with van der Waals surface area (Å²) in [6, 6.07) is 13.8.